The van der Waals surface area contributed by atoms with Gasteiger partial charge < -0.3 is 19.8 Å². The summed E-state index contributed by atoms with van der Waals surface area (Å²) in [6.45, 7) is 0.853. The summed E-state index contributed by atoms with van der Waals surface area (Å²) in [5.41, 5.74) is 3.09. The lowest BCUT2D eigenvalue weighted by Gasteiger charge is -2.16. The molecule has 0 unspecified atom stereocenters. The molecule has 1 fully saturated rings. The van der Waals surface area contributed by atoms with Crippen LogP contribution in [-0.4, -0.2) is 24.2 Å². The number of para-hydroxylation sites is 1. The molecular formula is C20H18N2O3. The number of carbonyl (C=O) groups is 1. The summed E-state index contributed by atoms with van der Waals surface area (Å²) in [6.07, 6.45) is 4.27. The number of aromatic amines is 1. The van der Waals surface area contributed by atoms with Gasteiger partial charge >= 0.3 is 0 Å². The smallest absolute Gasteiger partial charge is 0.251 e. The molecule has 2 N–H and O–H groups in total. The molecule has 2 aliphatic rings. The van der Waals surface area contributed by atoms with Gasteiger partial charge in [-0.15, -0.1) is 0 Å². The minimum absolute atomic E-state index is 0.0472. The maximum Gasteiger partial charge on any atom is 0.251 e. The van der Waals surface area contributed by atoms with Crippen molar-refractivity contribution < 1.29 is 14.3 Å². The second-order valence-corrected chi connectivity index (χ2v) is 6.78. The highest BCUT2D eigenvalue weighted by Crippen LogP contribution is 2.50. The summed E-state index contributed by atoms with van der Waals surface area (Å²) in [5, 5.41) is 4.34. The molecule has 2 aromatic carbocycles. The molecule has 126 valence electrons. The predicted octanol–water partition coefficient (Wildman–Crippen LogP) is 3.36. The number of fused-ring (bicyclic) bond motifs is 2. The third kappa shape index (κ3) is 2.35. The molecule has 5 nitrogen and oxygen atoms in total. The lowest BCUT2D eigenvalue weighted by Crippen LogP contribution is -2.32. The lowest BCUT2D eigenvalue weighted by molar-refractivity contribution is 0.0949. The number of aromatic nitrogens is 1. The first kappa shape index (κ1) is 14.4. The molecule has 2 heterocycles. The molecule has 1 aliphatic carbocycles. The normalized spacial score (nSPS) is 16.8. The Balaban J connectivity index is 1.35. The predicted molar refractivity (Wildman–Crippen MR) is 94.1 cm³/mol. The lowest BCUT2D eigenvalue weighted by atomic mass is 9.95. The standard InChI is InChI=1S/C20H18N2O3/c23-19(13-5-6-17-18(9-13)25-12-24-17)22-11-20(7-8-20)15-10-21-16-4-2-1-3-14(15)16/h1-6,9-10,21H,7-8,11-12H2,(H,22,23). The van der Waals surface area contributed by atoms with Gasteiger partial charge in [-0.3, -0.25) is 4.79 Å². The van der Waals surface area contributed by atoms with Crippen molar-refractivity contribution in [1.82, 2.24) is 10.3 Å². The molecule has 1 aliphatic heterocycles. The van der Waals surface area contributed by atoms with E-state index in [1.165, 1.54) is 10.9 Å². The first-order valence-corrected chi connectivity index (χ1v) is 8.50. The van der Waals surface area contributed by atoms with E-state index in [0.717, 1.165) is 18.4 Å². The van der Waals surface area contributed by atoms with Crippen LogP contribution in [0.4, 0.5) is 0 Å². The summed E-state index contributed by atoms with van der Waals surface area (Å²) in [7, 11) is 0. The van der Waals surface area contributed by atoms with E-state index in [0.29, 0.717) is 23.6 Å². The van der Waals surface area contributed by atoms with E-state index in [2.05, 4.69) is 34.7 Å². The highest BCUT2D eigenvalue weighted by molar-refractivity contribution is 5.95. The average Bonchev–Trinajstić information content (AvgIpc) is 3.08. The molecule has 5 rings (SSSR count). The van der Waals surface area contributed by atoms with Crippen LogP contribution in [0.5, 0.6) is 11.5 Å². The zero-order chi connectivity index (χ0) is 16.9. The zero-order valence-corrected chi connectivity index (χ0v) is 13.7. The van der Waals surface area contributed by atoms with Crippen LogP contribution in [0.3, 0.4) is 0 Å². The Hall–Kier alpha value is -2.95. The summed E-state index contributed by atoms with van der Waals surface area (Å²) >= 11 is 0. The fourth-order valence-corrected chi connectivity index (χ4v) is 3.59. The average molecular weight is 334 g/mol. The van der Waals surface area contributed by atoms with Gasteiger partial charge in [-0.2, -0.15) is 0 Å². The van der Waals surface area contributed by atoms with Crippen molar-refractivity contribution in [1.29, 1.82) is 0 Å². The molecule has 0 bridgehead atoms. The van der Waals surface area contributed by atoms with Gasteiger partial charge in [-0.1, -0.05) is 18.2 Å². The largest absolute Gasteiger partial charge is 0.454 e. The number of carbonyl (C=O) groups excluding carboxylic acids is 1. The Kier molecular flexibility index (Phi) is 3.04. The summed E-state index contributed by atoms with van der Waals surface area (Å²) in [4.78, 5) is 15.9. The van der Waals surface area contributed by atoms with Crippen LogP contribution in [-0.2, 0) is 5.41 Å². The monoisotopic (exact) mass is 334 g/mol. The highest BCUT2D eigenvalue weighted by Gasteiger charge is 2.45. The first-order valence-electron chi connectivity index (χ1n) is 8.50. The second kappa shape index (κ2) is 5.28. The maximum absolute atomic E-state index is 12.5. The van der Waals surface area contributed by atoms with Gasteiger partial charge in [0.05, 0.1) is 0 Å². The van der Waals surface area contributed by atoms with Crippen molar-refractivity contribution in [3.63, 3.8) is 0 Å². The van der Waals surface area contributed by atoms with Crippen molar-refractivity contribution in [3.8, 4) is 11.5 Å². The van der Waals surface area contributed by atoms with Crippen molar-refractivity contribution >= 4 is 16.8 Å². The SMILES string of the molecule is O=C(NCC1(c2c[nH]c3ccccc23)CC1)c1ccc2c(c1)OCO2. The second-order valence-electron chi connectivity index (χ2n) is 6.78. The van der Waals surface area contributed by atoms with Gasteiger partial charge in [0.2, 0.25) is 6.79 Å². The topological polar surface area (TPSA) is 63.4 Å². The Morgan fingerprint density at radius 3 is 2.84 bits per heavy atom. The molecule has 1 aromatic heterocycles. The molecular weight excluding hydrogens is 316 g/mol. The van der Waals surface area contributed by atoms with E-state index < -0.39 is 0 Å². The highest BCUT2D eigenvalue weighted by atomic mass is 16.7. The van der Waals surface area contributed by atoms with Crippen molar-refractivity contribution in [3.05, 3.63) is 59.8 Å². The van der Waals surface area contributed by atoms with E-state index in [-0.39, 0.29) is 18.1 Å². The van der Waals surface area contributed by atoms with Crippen LogP contribution >= 0.6 is 0 Å². The number of amides is 1. The van der Waals surface area contributed by atoms with Gasteiger partial charge in [0.15, 0.2) is 11.5 Å². The van der Waals surface area contributed by atoms with Crippen LogP contribution < -0.4 is 14.8 Å². The zero-order valence-electron chi connectivity index (χ0n) is 13.7. The van der Waals surface area contributed by atoms with Gasteiger partial charge in [0.1, 0.15) is 0 Å². The minimum atomic E-state index is -0.0792. The van der Waals surface area contributed by atoms with Crippen molar-refractivity contribution in [2.75, 3.05) is 13.3 Å². The van der Waals surface area contributed by atoms with Crippen molar-refractivity contribution in [2.24, 2.45) is 0 Å². The molecule has 0 spiro atoms. The summed E-state index contributed by atoms with van der Waals surface area (Å²) in [6, 6.07) is 13.6. The molecule has 1 amide bonds. The summed E-state index contributed by atoms with van der Waals surface area (Å²) < 4.78 is 10.6. The summed E-state index contributed by atoms with van der Waals surface area (Å²) in [5.74, 6) is 1.24. The van der Waals surface area contributed by atoms with Gasteiger partial charge in [0.25, 0.3) is 5.91 Å². The molecule has 0 saturated heterocycles. The minimum Gasteiger partial charge on any atom is -0.454 e. The number of H-pyrrole nitrogens is 1. The van der Waals surface area contributed by atoms with E-state index in [4.69, 9.17) is 9.47 Å². The van der Waals surface area contributed by atoms with E-state index in [1.807, 2.05) is 6.07 Å². The molecule has 3 aromatic rings. The van der Waals surface area contributed by atoms with E-state index in [9.17, 15) is 4.79 Å². The first-order chi connectivity index (χ1) is 12.3. The number of benzene rings is 2. The molecule has 25 heavy (non-hydrogen) atoms. The number of hydrogen-bond donors (Lipinski definition) is 2. The Morgan fingerprint density at radius 1 is 1.12 bits per heavy atom. The number of ether oxygens (including phenoxy) is 2. The van der Waals surface area contributed by atoms with Crippen molar-refractivity contribution in [2.45, 2.75) is 18.3 Å². The third-order valence-electron chi connectivity index (χ3n) is 5.24. The molecule has 0 atom stereocenters. The Morgan fingerprint density at radius 2 is 1.96 bits per heavy atom. The quantitative estimate of drug-likeness (QED) is 0.769. The number of hydrogen-bond acceptors (Lipinski definition) is 3. The van der Waals surface area contributed by atoms with Gasteiger partial charge in [-0.25, -0.2) is 0 Å². The third-order valence-corrected chi connectivity index (χ3v) is 5.24. The fraction of sp³-hybridized carbons (Fsp3) is 0.250. The molecule has 5 heteroatoms. The Bertz CT molecular complexity index is 972. The van der Waals surface area contributed by atoms with Crippen LogP contribution in [0.15, 0.2) is 48.7 Å². The molecule has 1 saturated carbocycles. The number of rotatable bonds is 4. The maximum atomic E-state index is 12.5. The van der Waals surface area contributed by atoms with Crippen LogP contribution in [0, 0.1) is 0 Å². The molecule has 0 radical (unpaired) electrons. The fourth-order valence-electron chi connectivity index (χ4n) is 3.59. The van der Waals surface area contributed by atoms with Crippen LogP contribution in [0.2, 0.25) is 0 Å². The van der Waals surface area contributed by atoms with Gasteiger partial charge in [0, 0.05) is 34.6 Å². The van der Waals surface area contributed by atoms with Crippen LogP contribution in [0.25, 0.3) is 10.9 Å². The Labute approximate surface area is 144 Å². The van der Waals surface area contributed by atoms with Gasteiger partial charge in [-0.05, 0) is 42.7 Å². The van der Waals surface area contributed by atoms with Crippen LogP contribution in [0.1, 0.15) is 28.8 Å². The number of nitrogens with one attached hydrogen (secondary N) is 2. The van der Waals surface area contributed by atoms with E-state index in [1.54, 1.807) is 18.2 Å². The van der Waals surface area contributed by atoms with E-state index >= 15 is 0 Å².